The number of aromatic nitrogens is 1. The lowest BCUT2D eigenvalue weighted by atomic mass is 10.1. The van der Waals surface area contributed by atoms with Crippen LogP contribution in [-0.4, -0.2) is 4.98 Å². The van der Waals surface area contributed by atoms with Crippen molar-refractivity contribution in [1.82, 2.24) is 4.98 Å². The van der Waals surface area contributed by atoms with Crippen molar-refractivity contribution in [2.45, 2.75) is 13.8 Å². The maximum Gasteiger partial charge on any atom is 0.195 e. The smallest absolute Gasteiger partial charge is 0.195 e. The van der Waals surface area contributed by atoms with E-state index in [4.69, 9.17) is 19.6 Å². The molecule has 2 aromatic heterocycles. The summed E-state index contributed by atoms with van der Waals surface area (Å²) in [5.74, 6) is 3.41. The maximum atomic E-state index is 6.08. The highest BCUT2D eigenvalue weighted by molar-refractivity contribution is 5.86. The number of para-hydroxylation sites is 1. The average molecular weight is 398 g/mol. The van der Waals surface area contributed by atoms with Gasteiger partial charge in [-0.05, 0) is 62.4 Å². The highest BCUT2D eigenvalue weighted by atomic mass is 16.5. The second-order valence-corrected chi connectivity index (χ2v) is 6.59. The molecule has 0 saturated heterocycles. The van der Waals surface area contributed by atoms with E-state index >= 15 is 0 Å². The van der Waals surface area contributed by atoms with Crippen LogP contribution in [0, 0.1) is 0 Å². The fourth-order valence-electron chi connectivity index (χ4n) is 3.04. The molecule has 2 N–H and O–H groups in total. The maximum absolute atomic E-state index is 6.08. The summed E-state index contributed by atoms with van der Waals surface area (Å²) in [5.41, 5.74) is 8.82. The highest BCUT2D eigenvalue weighted by Crippen LogP contribution is 2.36. The molecule has 0 unspecified atom stereocenters. The Hall–Kier alpha value is -3.99. The molecule has 0 saturated carbocycles. The molecule has 2 aromatic carbocycles. The van der Waals surface area contributed by atoms with Gasteiger partial charge in [0, 0.05) is 29.6 Å². The van der Waals surface area contributed by atoms with E-state index in [1.807, 2.05) is 86.7 Å². The molecule has 4 aromatic rings. The highest BCUT2D eigenvalue weighted by Gasteiger charge is 2.14. The number of ether oxygens (including phenoxy) is 2. The molecule has 0 aliphatic rings. The Balaban J connectivity index is 1.59. The molecule has 0 amide bonds. The second-order valence-electron chi connectivity index (χ2n) is 6.59. The molecule has 0 atom stereocenters. The molecule has 2 heterocycles. The topological polar surface area (TPSA) is 70.5 Å². The van der Waals surface area contributed by atoms with Crippen LogP contribution in [0.1, 0.15) is 13.8 Å². The number of furan rings is 1. The first-order valence-corrected chi connectivity index (χ1v) is 9.66. The molecular formula is C25H22N2O3. The third kappa shape index (κ3) is 4.05. The summed E-state index contributed by atoms with van der Waals surface area (Å²) in [7, 11) is 0. The summed E-state index contributed by atoms with van der Waals surface area (Å²) in [6.45, 7) is 3.88. The van der Waals surface area contributed by atoms with Crippen LogP contribution in [-0.2, 0) is 0 Å². The van der Waals surface area contributed by atoms with Gasteiger partial charge in [0.05, 0.1) is 0 Å². The van der Waals surface area contributed by atoms with E-state index in [0.717, 1.165) is 17.1 Å². The zero-order valence-corrected chi connectivity index (χ0v) is 16.8. The Labute approximate surface area is 175 Å². The number of hydrogen-bond donors (Lipinski definition) is 1. The lowest BCUT2D eigenvalue weighted by Gasteiger charge is -2.09. The Bertz CT molecular complexity index is 1220. The molecule has 0 aliphatic carbocycles. The number of hydrogen-bond acceptors (Lipinski definition) is 5. The van der Waals surface area contributed by atoms with Gasteiger partial charge in [-0.3, -0.25) is 4.98 Å². The number of fused-ring (bicyclic) bond motifs is 1. The van der Waals surface area contributed by atoms with Gasteiger partial charge in [-0.2, -0.15) is 0 Å². The number of benzene rings is 2. The van der Waals surface area contributed by atoms with Crippen LogP contribution in [0.4, 0.5) is 5.69 Å². The second kappa shape index (κ2) is 8.57. The Morgan fingerprint density at radius 3 is 2.50 bits per heavy atom. The number of nitrogens with zero attached hydrogens (tertiary/aromatic N) is 1. The van der Waals surface area contributed by atoms with Crippen LogP contribution in [0.25, 0.3) is 22.4 Å². The molecule has 0 aliphatic heterocycles. The summed E-state index contributed by atoms with van der Waals surface area (Å²) in [6, 6.07) is 18.6. The average Bonchev–Trinajstić information content (AvgIpc) is 3.20. The van der Waals surface area contributed by atoms with Gasteiger partial charge in [-0.15, -0.1) is 0 Å². The predicted octanol–water partition coefficient (Wildman–Crippen LogP) is 6.73. The standard InChI is InChI=1S/C25H22N2O3/c1-3-7-17(4-2)28-18-10-12-19(13-11-18)29-23-14-15-27-22-16-24(30-25(22)23)20-8-5-6-9-21(20)26/h3-16H,26H2,1-2H3. The van der Waals surface area contributed by atoms with Crippen molar-refractivity contribution in [3.8, 4) is 28.6 Å². The molecule has 5 heteroatoms. The molecule has 0 bridgehead atoms. The quantitative estimate of drug-likeness (QED) is 0.221. The zero-order valence-electron chi connectivity index (χ0n) is 16.8. The number of nitrogens with two attached hydrogens (primary N) is 1. The Morgan fingerprint density at radius 1 is 1.00 bits per heavy atom. The largest absolute Gasteiger partial charge is 0.458 e. The van der Waals surface area contributed by atoms with Crippen molar-refractivity contribution >= 4 is 16.8 Å². The molecule has 4 rings (SSSR count). The van der Waals surface area contributed by atoms with E-state index in [1.54, 1.807) is 12.3 Å². The van der Waals surface area contributed by atoms with Crippen molar-refractivity contribution in [2.75, 3.05) is 5.73 Å². The van der Waals surface area contributed by atoms with Crippen LogP contribution >= 0.6 is 0 Å². The Morgan fingerprint density at radius 2 is 1.77 bits per heavy atom. The Kier molecular flexibility index (Phi) is 5.52. The normalized spacial score (nSPS) is 11.9. The summed E-state index contributed by atoms with van der Waals surface area (Å²) in [6.07, 6.45) is 7.44. The minimum atomic E-state index is 0.570. The molecule has 0 spiro atoms. The molecule has 150 valence electrons. The number of anilines is 1. The number of allylic oxidation sites excluding steroid dienone is 3. The van der Waals surface area contributed by atoms with Gasteiger partial charge < -0.3 is 19.6 Å². The number of nitrogen functional groups attached to an aromatic ring is 1. The van der Waals surface area contributed by atoms with Gasteiger partial charge >= 0.3 is 0 Å². The monoisotopic (exact) mass is 398 g/mol. The third-order valence-corrected chi connectivity index (χ3v) is 4.50. The molecule has 0 fully saturated rings. The minimum absolute atomic E-state index is 0.570. The van der Waals surface area contributed by atoms with Crippen molar-refractivity contribution in [3.05, 3.63) is 90.8 Å². The van der Waals surface area contributed by atoms with Crippen molar-refractivity contribution < 1.29 is 13.9 Å². The van der Waals surface area contributed by atoms with E-state index in [9.17, 15) is 0 Å². The van der Waals surface area contributed by atoms with Crippen molar-refractivity contribution in [1.29, 1.82) is 0 Å². The van der Waals surface area contributed by atoms with Gasteiger partial charge in [0.1, 0.15) is 28.5 Å². The number of rotatable bonds is 6. The summed E-state index contributed by atoms with van der Waals surface area (Å²) >= 11 is 0. The van der Waals surface area contributed by atoms with E-state index in [0.29, 0.717) is 34.0 Å². The molecule has 30 heavy (non-hydrogen) atoms. The predicted molar refractivity (Wildman–Crippen MR) is 120 cm³/mol. The van der Waals surface area contributed by atoms with Crippen molar-refractivity contribution in [3.63, 3.8) is 0 Å². The van der Waals surface area contributed by atoms with Gasteiger partial charge in [0.25, 0.3) is 0 Å². The summed E-state index contributed by atoms with van der Waals surface area (Å²) in [4.78, 5) is 4.39. The van der Waals surface area contributed by atoms with Gasteiger partial charge in [-0.25, -0.2) is 0 Å². The lowest BCUT2D eigenvalue weighted by Crippen LogP contribution is -1.92. The number of pyridine rings is 1. The van der Waals surface area contributed by atoms with E-state index < -0.39 is 0 Å². The first kappa shape index (κ1) is 19.3. The fraction of sp³-hybridized carbons (Fsp3) is 0.0800. The first-order chi connectivity index (χ1) is 14.7. The zero-order chi connectivity index (χ0) is 20.9. The minimum Gasteiger partial charge on any atom is -0.458 e. The summed E-state index contributed by atoms with van der Waals surface area (Å²) < 4.78 is 17.9. The van der Waals surface area contributed by atoms with Crippen molar-refractivity contribution in [2.24, 2.45) is 0 Å². The third-order valence-electron chi connectivity index (χ3n) is 4.50. The van der Waals surface area contributed by atoms with E-state index in [-0.39, 0.29) is 0 Å². The first-order valence-electron chi connectivity index (χ1n) is 9.66. The lowest BCUT2D eigenvalue weighted by molar-refractivity contribution is 0.439. The van der Waals surface area contributed by atoms with Crippen LogP contribution in [0.5, 0.6) is 17.2 Å². The SMILES string of the molecule is CC=CC(=CC)Oc1ccc(Oc2ccnc3cc(-c4ccccc4N)oc23)cc1. The molecule has 0 radical (unpaired) electrons. The van der Waals surface area contributed by atoms with E-state index in [1.165, 1.54) is 0 Å². The molecular weight excluding hydrogens is 376 g/mol. The van der Waals surface area contributed by atoms with Crippen LogP contribution in [0.15, 0.2) is 95.3 Å². The van der Waals surface area contributed by atoms with Gasteiger partial charge in [0.2, 0.25) is 0 Å². The van der Waals surface area contributed by atoms with Crippen LogP contribution < -0.4 is 15.2 Å². The van der Waals surface area contributed by atoms with E-state index in [2.05, 4.69) is 4.98 Å². The fourth-order valence-corrected chi connectivity index (χ4v) is 3.04. The van der Waals surface area contributed by atoms with Crippen LogP contribution in [0.3, 0.4) is 0 Å². The van der Waals surface area contributed by atoms with Gasteiger partial charge in [-0.1, -0.05) is 18.2 Å². The van der Waals surface area contributed by atoms with Crippen LogP contribution in [0.2, 0.25) is 0 Å². The van der Waals surface area contributed by atoms with Gasteiger partial charge in [0.15, 0.2) is 11.3 Å². The summed E-state index contributed by atoms with van der Waals surface area (Å²) in [5, 5.41) is 0. The molecule has 5 nitrogen and oxygen atoms in total.